The SMILES string of the molecule is CO/C(=C\C(=CC#N)C(F)(F)F)c1ccccc1. The Morgan fingerprint density at radius 3 is 2.33 bits per heavy atom. The van der Waals surface area contributed by atoms with E-state index in [4.69, 9.17) is 10.00 Å². The average Bonchev–Trinajstić information content (AvgIpc) is 2.34. The maximum atomic E-state index is 12.6. The van der Waals surface area contributed by atoms with Crippen LogP contribution in [-0.4, -0.2) is 13.3 Å². The number of alkyl halides is 3. The summed E-state index contributed by atoms with van der Waals surface area (Å²) in [7, 11) is 1.28. The summed E-state index contributed by atoms with van der Waals surface area (Å²) in [6.07, 6.45) is -3.34. The third-order valence-electron chi connectivity index (χ3n) is 2.11. The number of nitriles is 1. The second-order valence-electron chi connectivity index (χ2n) is 3.31. The van der Waals surface area contributed by atoms with Crippen molar-refractivity contribution in [2.75, 3.05) is 7.11 Å². The van der Waals surface area contributed by atoms with Crippen LogP contribution in [0.3, 0.4) is 0 Å². The minimum atomic E-state index is -4.59. The molecule has 0 atom stereocenters. The van der Waals surface area contributed by atoms with Gasteiger partial charge in [-0.1, -0.05) is 30.3 Å². The van der Waals surface area contributed by atoms with Crippen LogP contribution in [0, 0.1) is 11.3 Å². The number of methoxy groups -OCH3 is 1. The Bertz CT molecular complexity index is 495. The van der Waals surface area contributed by atoms with E-state index in [2.05, 4.69) is 0 Å². The van der Waals surface area contributed by atoms with Gasteiger partial charge in [0.1, 0.15) is 5.76 Å². The number of benzene rings is 1. The summed E-state index contributed by atoms with van der Waals surface area (Å²) in [5, 5.41) is 8.36. The Hall–Kier alpha value is -2.22. The van der Waals surface area contributed by atoms with Gasteiger partial charge in [-0.2, -0.15) is 18.4 Å². The fourth-order valence-corrected chi connectivity index (χ4v) is 1.28. The van der Waals surface area contributed by atoms with Crippen LogP contribution in [0.4, 0.5) is 13.2 Å². The van der Waals surface area contributed by atoms with Gasteiger partial charge in [-0.3, -0.25) is 0 Å². The molecule has 0 radical (unpaired) electrons. The zero-order chi connectivity index (χ0) is 13.6. The number of hydrogen-bond donors (Lipinski definition) is 0. The van der Waals surface area contributed by atoms with Crippen molar-refractivity contribution in [2.45, 2.75) is 6.18 Å². The van der Waals surface area contributed by atoms with Gasteiger partial charge in [-0.05, 0) is 6.08 Å². The van der Waals surface area contributed by atoms with E-state index >= 15 is 0 Å². The molecule has 5 heteroatoms. The predicted molar refractivity (Wildman–Crippen MR) is 61.2 cm³/mol. The van der Waals surface area contributed by atoms with E-state index in [9.17, 15) is 13.2 Å². The normalized spacial score (nSPS) is 13.1. The lowest BCUT2D eigenvalue weighted by Gasteiger charge is -2.10. The third kappa shape index (κ3) is 3.67. The third-order valence-corrected chi connectivity index (χ3v) is 2.11. The fourth-order valence-electron chi connectivity index (χ4n) is 1.28. The molecule has 0 aromatic heterocycles. The van der Waals surface area contributed by atoms with Crippen LogP contribution in [0.2, 0.25) is 0 Å². The van der Waals surface area contributed by atoms with Crippen LogP contribution in [-0.2, 0) is 4.74 Å². The Morgan fingerprint density at radius 2 is 1.89 bits per heavy atom. The molecule has 0 aliphatic rings. The topological polar surface area (TPSA) is 33.0 Å². The van der Waals surface area contributed by atoms with Crippen molar-refractivity contribution in [1.29, 1.82) is 5.26 Å². The van der Waals surface area contributed by atoms with Crippen LogP contribution >= 0.6 is 0 Å². The van der Waals surface area contributed by atoms with Gasteiger partial charge in [0.2, 0.25) is 0 Å². The maximum Gasteiger partial charge on any atom is 0.417 e. The molecule has 1 aromatic carbocycles. The highest BCUT2D eigenvalue weighted by atomic mass is 19.4. The second kappa shape index (κ2) is 5.92. The Morgan fingerprint density at radius 1 is 1.28 bits per heavy atom. The van der Waals surface area contributed by atoms with Gasteiger partial charge in [-0.25, -0.2) is 0 Å². The van der Waals surface area contributed by atoms with Crippen molar-refractivity contribution in [2.24, 2.45) is 0 Å². The van der Waals surface area contributed by atoms with Crippen LogP contribution in [0.15, 0.2) is 48.1 Å². The zero-order valence-electron chi connectivity index (χ0n) is 9.53. The van der Waals surface area contributed by atoms with Crippen molar-refractivity contribution >= 4 is 5.76 Å². The molecule has 0 N–H and O–H groups in total. The quantitative estimate of drug-likeness (QED) is 0.467. The zero-order valence-corrected chi connectivity index (χ0v) is 9.53. The molecule has 0 saturated heterocycles. The van der Waals surface area contributed by atoms with E-state index in [1.54, 1.807) is 30.3 Å². The summed E-state index contributed by atoms with van der Waals surface area (Å²) < 4.78 is 42.7. The first-order valence-corrected chi connectivity index (χ1v) is 4.97. The molecule has 18 heavy (non-hydrogen) atoms. The summed E-state index contributed by atoms with van der Waals surface area (Å²) >= 11 is 0. The second-order valence-corrected chi connectivity index (χ2v) is 3.31. The van der Waals surface area contributed by atoms with Crippen molar-refractivity contribution in [1.82, 2.24) is 0 Å². The van der Waals surface area contributed by atoms with Crippen molar-refractivity contribution in [3.63, 3.8) is 0 Å². The molecule has 94 valence electrons. The molecule has 0 fully saturated rings. The molecule has 0 spiro atoms. The number of rotatable bonds is 3. The monoisotopic (exact) mass is 253 g/mol. The first-order valence-electron chi connectivity index (χ1n) is 4.97. The van der Waals surface area contributed by atoms with Crippen LogP contribution in [0.25, 0.3) is 5.76 Å². The van der Waals surface area contributed by atoms with Gasteiger partial charge < -0.3 is 4.74 Å². The Balaban J connectivity index is 3.20. The maximum absolute atomic E-state index is 12.6. The predicted octanol–water partition coefficient (Wildman–Crippen LogP) is 3.69. The van der Waals surface area contributed by atoms with E-state index in [1.807, 2.05) is 0 Å². The highest BCUT2D eigenvalue weighted by Crippen LogP contribution is 2.29. The lowest BCUT2D eigenvalue weighted by Crippen LogP contribution is -2.10. The summed E-state index contributed by atoms with van der Waals surface area (Å²) in [6.45, 7) is 0. The van der Waals surface area contributed by atoms with Crippen LogP contribution in [0.1, 0.15) is 5.56 Å². The molecule has 0 aliphatic heterocycles. The molecule has 0 aliphatic carbocycles. The van der Waals surface area contributed by atoms with Gasteiger partial charge in [0.05, 0.1) is 18.8 Å². The lowest BCUT2D eigenvalue weighted by atomic mass is 10.1. The molecule has 0 saturated carbocycles. The van der Waals surface area contributed by atoms with Crippen molar-refractivity contribution < 1.29 is 17.9 Å². The summed E-state index contributed by atoms with van der Waals surface area (Å²) in [4.78, 5) is 0. The summed E-state index contributed by atoms with van der Waals surface area (Å²) in [5.74, 6) is 0.0504. The van der Waals surface area contributed by atoms with Crippen LogP contribution < -0.4 is 0 Å². The van der Waals surface area contributed by atoms with Crippen LogP contribution in [0.5, 0.6) is 0 Å². The minimum absolute atomic E-state index is 0.0504. The average molecular weight is 253 g/mol. The molecule has 1 rings (SSSR count). The van der Waals surface area contributed by atoms with E-state index in [0.717, 1.165) is 6.08 Å². The lowest BCUT2D eigenvalue weighted by molar-refractivity contribution is -0.0882. The van der Waals surface area contributed by atoms with Gasteiger partial charge in [0, 0.05) is 11.6 Å². The number of nitrogens with zero attached hydrogens (tertiary/aromatic N) is 1. The van der Waals surface area contributed by atoms with Gasteiger partial charge in [-0.15, -0.1) is 0 Å². The first-order chi connectivity index (χ1) is 8.49. The van der Waals surface area contributed by atoms with Crippen molar-refractivity contribution in [3.05, 3.63) is 53.6 Å². The summed E-state index contributed by atoms with van der Waals surface area (Å²) in [5.41, 5.74) is -0.543. The molecule has 1 aromatic rings. The summed E-state index contributed by atoms with van der Waals surface area (Å²) in [6, 6.07) is 9.73. The van der Waals surface area contributed by atoms with Gasteiger partial charge in [0.15, 0.2) is 0 Å². The molecule has 0 unspecified atom stereocenters. The van der Waals surface area contributed by atoms with E-state index in [-0.39, 0.29) is 5.76 Å². The highest BCUT2D eigenvalue weighted by Gasteiger charge is 2.32. The van der Waals surface area contributed by atoms with E-state index in [1.165, 1.54) is 13.2 Å². The van der Waals surface area contributed by atoms with E-state index < -0.39 is 11.7 Å². The van der Waals surface area contributed by atoms with E-state index in [0.29, 0.717) is 11.6 Å². The first kappa shape index (κ1) is 13.8. The number of hydrogen-bond acceptors (Lipinski definition) is 2. The van der Waals surface area contributed by atoms with Gasteiger partial charge in [0.25, 0.3) is 0 Å². The molecule has 0 bridgehead atoms. The number of allylic oxidation sites excluding steroid dienone is 3. The smallest absolute Gasteiger partial charge is 0.417 e. The Labute approximate surface area is 103 Å². The highest BCUT2D eigenvalue weighted by molar-refractivity contribution is 5.63. The van der Waals surface area contributed by atoms with Gasteiger partial charge >= 0.3 is 6.18 Å². The molecule has 0 heterocycles. The number of ether oxygens (including phenoxy) is 1. The minimum Gasteiger partial charge on any atom is -0.496 e. The molecular formula is C13H10F3NO. The largest absolute Gasteiger partial charge is 0.496 e. The molecule has 2 nitrogen and oxygen atoms in total. The molecule has 0 amide bonds. The van der Waals surface area contributed by atoms with Crippen molar-refractivity contribution in [3.8, 4) is 6.07 Å². The molecular weight excluding hydrogens is 243 g/mol. The Kier molecular flexibility index (Phi) is 4.55. The number of halogens is 3. The standard InChI is InChI=1S/C13H10F3NO/c1-18-12(10-5-3-2-4-6-10)9-11(7-8-17)13(14,15)16/h2-7,9H,1H3/b11-7?,12-9-. The fraction of sp³-hybridized carbons (Fsp3) is 0.154.